The van der Waals surface area contributed by atoms with Gasteiger partial charge < -0.3 is 4.57 Å². The second-order valence-corrected chi connectivity index (χ2v) is 19.0. The summed E-state index contributed by atoms with van der Waals surface area (Å²) < 4.78 is 17.0. The average Bonchev–Trinajstić information content (AvgIpc) is 4.07. The van der Waals surface area contributed by atoms with Gasteiger partial charge >= 0.3 is 294 Å². The zero-order valence-electron chi connectivity index (χ0n) is 39.0. The molecule has 0 bridgehead atoms. The summed E-state index contributed by atoms with van der Waals surface area (Å²) in [5.41, 5.74) is 16.0. The standard InChI is InChI=1S/C65H40N6O.Pt/c1-3-15-45(16-4-1)52-23-14-24-53(46-17-5-2-6-18-46)65(52)69-43-68(61-27-11-12-28-62(61)69)48-19-13-20-50(39-48)72-51-31-32-56-57-40-49(70-58-25-9-7-21-54(58)55-22-8-10-26-59(55)70)30-33-60(57)71(63(56)41-51)64-34-29-47(42-67-64)44-35-37-66-38-36-44;/h1-38,40,42H;/q-2;. The zero-order chi connectivity index (χ0) is 48.4. The molecule has 348 valence electrons. The van der Waals surface area contributed by atoms with Crippen LogP contribution < -0.4 is 4.74 Å². The van der Waals surface area contributed by atoms with E-state index in [0.717, 1.165) is 104 Å². The number of pyridine rings is 2. The molecule has 0 aliphatic carbocycles. The van der Waals surface area contributed by atoms with Crippen LogP contribution >= 0.6 is 0 Å². The van der Waals surface area contributed by atoms with Crippen molar-refractivity contribution < 1.29 is 24.1 Å². The predicted molar refractivity (Wildman–Crippen MR) is 291 cm³/mol. The third-order valence-corrected chi connectivity index (χ3v) is 14.8. The molecule has 8 heteroatoms. The molecule has 0 aliphatic heterocycles. The summed E-state index contributed by atoms with van der Waals surface area (Å²) in [5.74, 6) is 1.91. The number of hydrogen-bond donors (Lipinski definition) is 0. The summed E-state index contributed by atoms with van der Waals surface area (Å²) in [5, 5.41) is 4.56. The Morgan fingerprint density at radius 2 is 1.00 bits per heavy atom. The van der Waals surface area contributed by atoms with E-state index in [9.17, 15) is 0 Å². The topological polar surface area (TPSA) is 54.7 Å². The van der Waals surface area contributed by atoms with E-state index >= 15 is 0 Å². The Bertz CT molecular complexity index is 4370. The first-order chi connectivity index (χ1) is 36.1. The Kier molecular flexibility index (Phi) is 10.3. The van der Waals surface area contributed by atoms with E-state index < -0.39 is 0 Å². The Hall–Kier alpha value is -9.16. The molecule has 0 saturated carbocycles. The summed E-state index contributed by atoms with van der Waals surface area (Å²) in [6.07, 6.45) is 5.54. The third kappa shape index (κ3) is 7.19. The van der Waals surface area contributed by atoms with Crippen molar-refractivity contribution >= 4 is 54.6 Å². The van der Waals surface area contributed by atoms with Crippen LogP contribution in [0.1, 0.15) is 0 Å². The van der Waals surface area contributed by atoms with Gasteiger partial charge in [-0.05, 0) is 42.0 Å². The molecule has 5 heterocycles. The first kappa shape index (κ1) is 42.7. The van der Waals surface area contributed by atoms with Crippen molar-refractivity contribution in [3.8, 4) is 67.8 Å². The second kappa shape index (κ2) is 17.6. The third-order valence-electron chi connectivity index (χ3n) is 13.8. The van der Waals surface area contributed by atoms with Gasteiger partial charge in [0.1, 0.15) is 0 Å². The van der Waals surface area contributed by atoms with Gasteiger partial charge in [-0.3, -0.25) is 4.98 Å². The molecule has 0 fully saturated rings. The van der Waals surface area contributed by atoms with E-state index in [0.29, 0.717) is 11.5 Å². The number of aromatic nitrogens is 6. The van der Waals surface area contributed by atoms with Crippen molar-refractivity contribution in [1.82, 2.24) is 28.2 Å². The molecular formula is C65H40N6OPt-2. The number of imidazole rings is 1. The van der Waals surface area contributed by atoms with Crippen LogP contribution in [0.4, 0.5) is 0 Å². The van der Waals surface area contributed by atoms with E-state index in [1.807, 2.05) is 36.5 Å². The van der Waals surface area contributed by atoms with Gasteiger partial charge in [-0.1, -0.05) is 36.4 Å². The van der Waals surface area contributed by atoms with E-state index in [2.05, 4.69) is 249 Å². The summed E-state index contributed by atoms with van der Waals surface area (Å²) in [4.78, 5) is 9.30. The van der Waals surface area contributed by atoms with E-state index in [-0.39, 0.29) is 0 Å². The quantitative estimate of drug-likeness (QED) is 0.135. The van der Waals surface area contributed by atoms with Gasteiger partial charge in [0.25, 0.3) is 0 Å². The summed E-state index contributed by atoms with van der Waals surface area (Å²) in [6, 6.07) is 86.2. The van der Waals surface area contributed by atoms with Crippen LogP contribution in [0.25, 0.3) is 111 Å². The molecule has 73 heavy (non-hydrogen) atoms. The van der Waals surface area contributed by atoms with Crippen LogP contribution in [0.5, 0.6) is 11.5 Å². The summed E-state index contributed by atoms with van der Waals surface area (Å²) >= 11 is 2.47. The molecule has 0 aliphatic rings. The number of ether oxygens (including phenoxy) is 1. The van der Waals surface area contributed by atoms with Crippen molar-refractivity contribution in [2.75, 3.05) is 0 Å². The molecular weight excluding hydrogens is 1080 g/mol. The number of hydrogen-bond acceptors (Lipinski definition) is 3. The fourth-order valence-corrected chi connectivity index (χ4v) is 11.6. The van der Waals surface area contributed by atoms with E-state index in [1.54, 1.807) is 12.4 Å². The normalized spacial score (nSPS) is 11.6. The molecule has 0 radical (unpaired) electrons. The number of fused-ring (bicyclic) bond motifs is 7. The monoisotopic (exact) mass is 1120 g/mol. The van der Waals surface area contributed by atoms with Gasteiger partial charge in [-0.15, -0.1) is 0 Å². The Labute approximate surface area is 431 Å². The number of benzene rings is 9. The minimum atomic E-state index is 0.563. The zero-order valence-corrected chi connectivity index (χ0v) is 41.3. The van der Waals surface area contributed by atoms with Gasteiger partial charge in [0.15, 0.2) is 0 Å². The first-order valence-corrected chi connectivity index (χ1v) is 25.3. The van der Waals surface area contributed by atoms with Gasteiger partial charge in [-0.25, -0.2) is 0 Å². The minimum absolute atomic E-state index is 0.563. The van der Waals surface area contributed by atoms with Crippen molar-refractivity contribution in [3.63, 3.8) is 0 Å². The van der Waals surface area contributed by atoms with Gasteiger partial charge in [-0.2, -0.15) is 0 Å². The van der Waals surface area contributed by atoms with Gasteiger partial charge in [0.05, 0.1) is 11.0 Å². The fourth-order valence-electron chi connectivity index (χ4n) is 10.6. The molecule has 14 aromatic rings. The SMILES string of the molecule is [Pt]=[c]1n(-c2[c-]c(Oc3[c-]c4c(cc3)c3cc(-n5c6ccccc6c6ccccc65)ccc3n4-c3ccc(-c4ccncc4)cn3)ccc2)c2ccccc2n1-c1c(-c2ccccc2)cccc1-c1ccccc1. The number of rotatable bonds is 9. The number of nitrogens with zero attached hydrogens (tertiary/aromatic N) is 6. The van der Waals surface area contributed by atoms with Crippen LogP contribution in [0.2, 0.25) is 0 Å². The maximum atomic E-state index is 6.81. The van der Waals surface area contributed by atoms with Crippen molar-refractivity contribution in [2.45, 2.75) is 0 Å². The molecule has 0 spiro atoms. The van der Waals surface area contributed by atoms with Gasteiger partial charge in [0.2, 0.25) is 0 Å². The van der Waals surface area contributed by atoms with Crippen LogP contribution in [0, 0.1) is 15.9 Å². The summed E-state index contributed by atoms with van der Waals surface area (Å²) in [7, 11) is 0. The predicted octanol–water partition coefficient (Wildman–Crippen LogP) is 15.9. The van der Waals surface area contributed by atoms with Gasteiger partial charge in [0, 0.05) is 40.6 Å². The van der Waals surface area contributed by atoms with Crippen LogP contribution in [-0.4, -0.2) is 28.2 Å². The second-order valence-electron chi connectivity index (χ2n) is 18.0. The average molecular weight is 1120 g/mol. The molecule has 5 aromatic heterocycles. The Balaban J connectivity index is 0.903. The van der Waals surface area contributed by atoms with Crippen molar-refractivity contribution in [1.29, 1.82) is 0 Å². The van der Waals surface area contributed by atoms with Crippen molar-refractivity contribution in [2.24, 2.45) is 0 Å². The molecule has 0 N–H and O–H groups in total. The van der Waals surface area contributed by atoms with E-state index in [4.69, 9.17) is 9.72 Å². The maximum absolute atomic E-state index is 6.81. The molecule has 0 atom stereocenters. The van der Waals surface area contributed by atoms with Crippen LogP contribution in [0.15, 0.2) is 243 Å². The molecule has 14 rings (SSSR count). The Morgan fingerprint density at radius 3 is 1.67 bits per heavy atom. The van der Waals surface area contributed by atoms with Crippen LogP contribution in [-0.2, 0) is 19.4 Å². The first-order valence-electron chi connectivity index (χ1n) is 24.1. The molecule has 9 aromatic carbocycles. The Morgan fingerprint density at radius 1 is 0.397 bits per heavy atom. The van der Waals surface area contributed by atoms with E-state index in [1.165, 1.54) is 10.8 Å². The van der Waals surface area contributed by atoms with Crippen LogP contribution in [0.3, 0.4) is 0 Å². The van der Waals surface area contributed by atoms with Crippen molar-refractivity contribution in [3.05, 3.63) is 259 Å². The fraction of sp³-hybridized carbons (Fsp3) is 0. The molecule has 0 unspecified atom stereocenters. The number of para-hydroxylation sites is 5. The molecule has 0 amide bonds. The summed E-state index contributed by atoms with van der Waals surface area (Å²) in [6.45, 7) is 0. The molecule has 7 nitrogen and oxygen atoms in total. The molecule has 0 saturated heterocycles.